The second-order valence-electron chi connectivity index (χ2n) is 3.05. The highest BCUT2D eigenvalue weighted by Gasteiger charge is 2.23. The van der Waals surface area contributed by atoms with E-state index in [0.29, 0.717) is 0 Å². The van der Waals surface area contributed by atoms with Crippen molar-refractivity contribution in [2.45, 2.75) is 12.8 Å². The van der Waals surface area contributed by atoms with Crippen LogP contribution in [0, 0.1) is 11.3 Å². The van der Waals surface area contributed by atoms with E-state index < -0.39 is 24.5 Å². The van der Waals surface area contributed by atoms with E-state index in [0.717, 1.165) is 6.20 Å². The maximum atomic E-state index is 12.6. The van der Waals surface area contributed by atoms with E-state index >= 15 is 0 Å². The van der Waals surface area contributed by atoms with E-state index in [4.69, 9.17) is 15.1 Å². The van der Waals surface area contributed by atoms with Crippen molar-refractivity contribution in [3.05, 3.63) is 23.0 Å². The van der Waals surface area contributed by atoms with Crippen molar-refractivity contribution < 1.29 is 23.4 Å². The van der Waals surface area contributed by atoms with E-state index in [-0.39, 0.29) is 16.9 Å². The molecule has 0 saturated heterocycles. The molecular formula is C10H8F2N2O3. The molecule has 0 amide bonds. The number of ether oxygens (including phenoxy) is 1. The van der Waals surface area contributed by atoms with Crippen LogP contribution in [0.15, 0.2) is 6.20 Å². The summed E-state index contributed by atoms with van der Waals surface area (Å²) in [6.45, 7) is 0. The highest BCUT2D eigenvalue weighted by Crippen LogP contribution is 2.29. The predicted octanol–water partition coefficient (Wildman–Crippen LogP) is 1.53. The smallest absolute Gasteiger partial charge is 0.307 e. The van der Waals surface area contributed by atoms with Crippen LogP contribution < -0.4 is 4.74 Å². The molecule has 0 bridgehead atoms. The first-order valence-electron chi connectivity index (χ1n) is 4.47. The number of halogens is 2. The summed E-state index contributed by atoms with van der Waals surface area (Å²) in [5.74, 6) is -1.34. The summed E-state index contributed by atoms with van der Waals surface area (Å²) >= 11 is 0. The number of hydrogen-bond donors (Lipinski definition) is 1. The van der Waals surface area contributed by atoms with Gasteiger partial charge in [-0.2, -0.15) is 5.26 Å². The molecule has 1 aromatic rings. The lowest BCUT2D eigenvalue weighted by Crippen LogP contribution is -2.09. The average Bonchev–Trinajstić information content (AvgIpc) is 2.27. The number of carboxylic acid groups (broad SMARTS) is 1. The van der Waals surface area contributed by atoms with Crippen molar-refractivity contribution in [3.63, 3.8) is 0 Å². The van der Waals surface area contributed by atoms with Gasteiger partial charge in [-0.15, -0.1) is 0 Å². The zero-order valence-electron chi connectivity index (χ0n) is 8.78. The minimum absolute atomic E-state index is 0.0202. The van der Waals surface area contributed by atoms with Crippen LogP contribution in [0.2, 0.25) is 0 Å². The fraction of sp³-hybridized carbons (Fsp3) is 0.300. The number of carboxylic acids is 1. The summed E-state index contributed by atoms with van der Waals surface area (Å²) < 4.78 is 30.0. The summed E-state index contributed by atoms with van der Waals surface area (Å²) in [7, 11) is 1.24. The van der Waals surface area contributed by atoms with Gasteiger partial charge in [-0.3, -0.25) is 9.78 Å². The number of hydrogen-bond acceptors (Lipinski definition) is 4. The van der Waals surface area contributed by atoms with Gasteiger partial charge in [-0.1, -0.05) is 0 Å². The predicted molar refractivity (Wildman–Crippen MR) is 51.8 cm³/mol. The molecule has 0 saturated carbocycles. The summed E-state index contributed by atoms with van der Waals surface area (Å²) in [5.41, 5.74) is -1.24. The van der Waals surface area contributed by atoms with Crippen molar-refractivity contribution in [3.8, 4) is 11.8 Å². The Morgan fingerprint density at radius 2 is 2.35 bits per heavy atom. The van der Waals surface area contributed by atoms with Crippen LogP contribution in [0.1, 0.15) is 23.2 Å². The van der Waals surface area contributed by atoms with Gasteiger partial charge in [0.2, 0.25) is 0 Å². The van der Waals surface area contributed by atoms with Gasteiger partial charge in [0, 0.05) is 5.56 Å². The first-order valence-corrected chi connectivity index (χ1v) is 4.47. The quantitative estimate of drug-likeness (QED) is 0.865. The van der Waals surface area contributed by atoms with E-state index in [1.54, 1.807) is 6.07 Å². The van der Waals surface area contributed by atoms with Crippen molar-refractivity contribution in [1.29, 1.82) is 5.26 Å². The van der Waals surface area contributed by atoms with Crippen LogP contribution in [0.3, 0.4) is 0 Å². The van der Waals surface area contributed by atoms with Crippen LogP contribution in [-0.2, 0) is 11.2 Å². The molecule has 1 aromatic heterocycles. The Bertz CT molecular complexity index is 483. The van der Waals surface area contributed by atoms with Gasteiger partial charge in [-0.05, 0) is 0 Å². The molecule has 17 heavy (non-hydrogen) atoms. The van der Waals surface area contributed by atoms with E-state index in [1.807, 2.05) is 0 Å². The summed E-state index contributed by atoms with van der Waals surface area (Å²) in [6, 6.07) is 1.65. The van der Waals surface area contributed by atoms with Gasteiger partial charge in [0.05, 0.1) is 19.7 Å². The van der Waals surface area contributed by atoms with Gasteiger partial charge in [0.1, 0.15) is 17.3 Å². The first kappa shape index (κ1) is 12.8. The van der Waals surface area contributed by atoms with Gasteiger partial charge in [0.25, 0.3) is 6.43 Å². The minimum atomic E-state index is -2.94. The highest BCUT2D eigenvalue weighted by atomic mass is 19.3. The summed E-state index contributed by atoms with van der Waals surface area (Å²) in [4.78, 5) is 14.0. The summed E-state index contributed by atoms with van der Waals surface area (Å²) in [5, 5.41) is 17.5. The fourth-order valence-electron chi connectivity index (χ4n) is 1.34. The molecule has 0 radical (unpaired) electrons. The molecule has 0 fully saturated rings. The molecule has 7 heteroatoms. The SMILES string of the molecule is COc1cnc(C(F)F)c(CC(=O)O)c1C#N. The van der Waals surface area contributed by atoms with Crippen molar-refractivity contribution in [1.82, 2.24) is 4.98 Å². The second-order valence-corrected chi connectivity index (χ2v) is 3.05. The number of methoxy groups -OCH3 is 1. The molecule has 1 heterocycles. The van der Waals surface area contributed by atoms with E-state index in [9.17, 15) is 13.6 Å². The highest BCUT2D eigenvalue weighted by molar-refractivity contribution is 5.72. The maximum absolute atomic E-state index is 12.6. The number of nitriles is 1. The third-order valence-electron chi connectivity index (χ3n) is 2.04. The fourth-order valence-corrected chi connectivity index (χ4v) is 1.34. The van der Waals surface area contributed by atoms with Crippen molar-refractivity contribution >= 4 is 5.97 Å². The zero-order chi connectivity index (χ0) is 13.0. The van der Waals surface area contributed by atoms with Crippen molar-refractivity contribution in [2.75, 3.05) is 7.11 Å². The largest absolute Gasteiger partial charge is 0.494 e. The number of aliphatic carboxylic acids is 1. The third-order valence-corrected chi connectivity index (χ3v) is 2.04. The Kier molecular flexibility index (Phi) is 3.93. The number of rotatable bonds is 4. The Hall–Kier alpha value is -2.23. The summed E-state index contributed by atoms with van der Waals surface area (Å²) in [6.07, 6.45) is -2.67. The van der Waals surface area contributed by atoms with E-state index in [1.165, 1.54) is 7.11 Å². The lowest BCUT2D eigenvalue weighted by atomic mass is 10.0. The number of aromatic nitrogens is 1. The molecule has 1 N–H and O–H groups in total. The Labute approximate surface area is 95.3 Å². The molecule has 0 aromatic carbocycles. The molecule has 0 unspecified atom stereocenters. The Morgan fingerprint density at radius 1 is 1.71 bits per heavy atom. The molecule has 90 valence electrons. The molecular weight excluding hydrogens is 234 g/mol. The van der Waals surface area contributed by atoms with E-state index in [2.05, 4.69) is 4.98 Å². The number of carbonyl (C=O) groups is 1. The van der Waals surface area contributed by atoms with Crippen LogP contribution >= 0.6 is 0 Å². The average molecular weight is 242 g/mol. The van der Waals surface area contributed by atoms with Crippen molar-refractivity contribution in [2.24, 2.45) is 0 Å². The lowest BCUT2D eigenvalue weighted by Gasteiger charge is -2.10. The Balaban J connectivity index is 3.45. The van der Waals surface area contributed by atoms with Crippen LogP contribution in [0.4, 0.5) is 8.78 Å². The van der Waals surface area contributed by atoms with Crippen LogP contribution in [0.5, 0.6) is 5.75 Å². The second kappa shape index (κ2) is 5.21. The molecule has 0 spiro atoms. The first-order chi connectivity index (χ1) is 8.01. The Morgan fingerprint density at radius 3 is 2.76 bits per heavy atom. The molecule has 0 atom stereocenters. The molecule has 1 rings (SSSR count). The van der Waals surface area contributed by atoms with Gasteiger partial charge in [0.15, 0.2) is 5.75 Å². The van der Waals surface area contributed by atoms with Crippen LogP contribution in [0.25, 0.3) is 0 Å². The monoisotopic (exact) mass is 242 g/mol. The zero-order valence-corrected chi connectivity index (χ0v) is 8.78. The van der Waals surface area contributed by atoms with Gasteiger partial charge >= 0.3 is 5.97 Å². The lowest BCUT2D eigenvalue weighted by molar-refractivity contribution is -0.136. The number of pyridine rings is 1. The minimum Gasteiger partial charge on any atom is -0.494 e. The molecule has 0 aliphatic heterocycles. The number of nitrogens with zero attached hydrogens (tertiary/aromatic N) is 2. The number of alkyl halides is 2. The molecule has 0 aliphatic carbocycles. The normalized spacial score (nSPS) is 10.1. The van der Waals surface area contributed by atoms with Crippen LogP contribution in [-0.4, -0.2) is 23.2 Å². The molecule has 5 nitrogen and oxygen atoms in total. The van der Waals surface area contributed by atoms with Gasteiger partial charge < -0.3 is 9.84 Å². The standard InChI is InChI=1S/C10H8F2N2O3/c1-17-7-4-14-9(10(11)12)5(2-8(15)16)6(7)3-13/h4,10H,2H2,1H3,(H,15,16). The third kappa shape index (κ3) is 2.66. The van der Waals surface area contributed by atoms with Gasteiger partial charge in [-0.25, -0.2) is 8.78 Å². The molecule has 0 aliphatic rings. The topological polar surface area (TPSA) is 83.2 Å². The maximum Gasteiger partial charge on any atom is 0.307 e.